The Bertz CT molecular complexity index is 402. The molecule has 8 nitrogen and oxygen atoms in total. The Morgan fingerprint density at radius 1 is 1.53 bits per heavy atom. The molecule has 0 aliphatic rings. The molecular weight excluding hydrogens is 224 g/mol. The van der Waals surface area contributed by atoms with Gasteiger partial charge in [0.1, 0.15) is 6.54 Å². The van der Waals surface area contributed by atoms with Gasteiger partial charge in [0.15, 0.2) is 0 Å². The lowest BCUT2D eigenvalue weighted by Crippen LogP contribution is -2.42. The van der Waals surface area contributed by atoms with Gasteiger partial charge in [-0.25, -0.2) is 4.68 Å². The van der Waals surface area contributed by atoms with E-state index in [1.54, 1.807) is 6.20 Å². The summed E-state index contributed by atoms with van der Waals surface area (Å²) < 4.78 is 1.36. The third-order valence-corrected chi connectivity index (χ3v) is 2.06. The maximum atomic E-state index is 11.3. The molecule has 2 amide bonds. The molecule has 0 bridgehead atoms. The number of nitrogens with one attached hydrogen (secondary N) is 2. The zero-order valence-electron chi connectivity index (χ0n) is 9.80. The maximum absolute atomic E-state index is 11.3. The van der Waals surface area contributed by atoms with E-state index in [4.69, 9.17) is 5.73 Å². The van der Waals surface area contributed by atoms with E-state index in [0.29, 0.717) is 5.69 Å². The topological polar surface area (TPSA) is 115 Å². The first-order valence-corrected chi connectivity index (χ1v) is 5.24. The summed E-state index contributed by atoms with van der Waals surface area (Å²) in [7, 11) is 0. The highest BCUT2D eigenvalue weighted by Crippen LogP contribution is 2.08. The van der Waals surface area contributed by atoms with Crippen LogP contribution in [0.25, 0.3) is 0 Å². The van der Waals surface area contributed by atoms with Crippen LogP contribution in [0.15, 0.2) is 6.20 Å². The molecule has 1 unspecified atom stereocenters. The van der Waals surface area contributed by atoms with E-state index in [2.05, 4.69) is 21.2 Å². The molecular formula is C9H16N6O2. The monoisotopic (exact) mass is 240 g/mol. The molecule has 0 fully saturated rings. The predicted molar refractivity (Wildman–Crippen MR) is 59.2 cm³/mol. The van der Waals surface area contributed by atoms with Crippen molar-refractivity contribution < 1.29 is 9.59 Å². The Kier molecular flexibility index (Phi) is 4.58. The molecule has 1 aromatic heterocycles. The first-order chi connectivity index (χ1) is 8.02. The van der Waals surface area contributed by atoms with Crippen molar-refractivity contribution in [1.82, 2.24) is 25.8 Å². The smallest absolute Gasteiger partial charge is 0.260 e. The molecule has 0 saturated heterocycles. The number of carbonyl (C=O) groups excluding carboxylic acids is 2. The zero-order chi connectivity index (χ0) is 12.8. The summed E-state index contributed by atoms with van der Waals surface area (Å²) in [5, 5.41) is 7.62. The third kappa shape index (κ3) is 4.19. The summed E-state index contributed by atoms with van der Waals surface area (Å²) in [5.74, 6) is -0.729. The van der Waals surface area contributed by atoms with Gasteiger partial charge in [-0.15, -0.1) is 5.10 Å². The molecule has 0 spiro atoms. The lowest BCUT2D eigenvalue weighted by molar-refractivity contribution is -0.128. The summed E-state index contributed by atoms with van der Waals surface area (Å²) in [6.07, 6.45) is 2.36. The SMILES string of the molecule is CCC(N)c1cn(CC(=O)NNC(C)=O)nn1. The average Bonchev–Trinajstić information content (AvgIpc) is 2.73. The highest BCUT2D eigenvalue weighted by Gasteiger charge is 2.10. The summed E-state index contributed by atoms with van der Waals surface area (Å²) in [6, 6.07) is -0.179. The van der Waals surface area contributed by atoms with Crippen LogP contribution < -0.4 is 16.6 Å². The lowest BCUT2D eigenvalue weighted by Gasteiger charge is -2.04. The van der Waals surface area contributed by atoms with E-state index in [0.717, 1.165) is 6.42 Å². The molecule has 1 rings (SSSR count). The van der Waals surface area contributed by atoms with E-state index in [1.807, 2.05) is 6.92 Å². The first-order valence-electron chi connectivity index (χ1n) is 5.24. The molecule has 1 aromatic rings. The summed E-state index contributed by atoms with van der Waals surface area (Å²) in [6.45, 7) is 3.21. The number of rotatable bonds is 4. The number of hydrogen-bond donors (Lipinski definition) is 3. The standard InChI is InChI=1S/C9H16N6O2/c1-3-7(10)8-4-15(14-12-8)5-9(17)13-11-6(2)16/h4,7H,3,5,10H2,1-2H3,(H,11,16)(H,13,17). The number of nitrogens with two attached hydrogens (primary N) is 1. The van der Waals surface area contributed by atoms with Gasteiger partial charge in [0, 0.05) is 6.92 Å². The normalized spacial score (nSPS) is 11.9. The van der Waals surface area contributed by atoms with Gasteiger partial charge in [-0.2, -0.15) is 0 Å². The number of hydrogen-bond acceptors (Lipinski definition) is 5. The second-order valence-corrected chi connectivity index (χ2v) is 3.59. The van der Waals surface area contributed by atoms with Gasteiger partial charge in [-0.3, -0.25) is 20.4 Å². The van der Waals surface area contributed by atoms with E-state index < -0.39 is 0 Å². The Labute approximate surface area is 98.5 Å². The van der Waals surface area contributed by atoms with Crippen LogP contribution in [0.2, 0.25) is 0 Å². The van der Waals surface area contributed by atoms with Gasteiger partial charge in [0.25, 0.3) is 5.91 Å². The van der Waals surface area contributed by atoms with Crippen LogP contribution >= 0.6 is 0 Å². The van der Waals surface area contributed by atoms with Gasteiger partial charge in [-0.1, -0.05) is 12.1 Å². The van der Waals surface area contributed by atoms with Gasteiger partial charge >= 0.3 is 0 Å². The van der Waals surface area contributed by atoms with Crippen molar-refractivity contribution in [3.8, 4) is 0 Å². The summed E-state index contributed by atoms with van der Waals surface area (Å²) in [5.41, 5.74) is 10.8. The van der Waals surface area contributed by atoms with Crippen LogP contribution in [-0.4, -0.2) is 26.8 Å². The molecule has 0 aliphatic carbocycles. The van der Waals surface area contributed by atoms with Gasteiger partial charge in [0.05, 0.1) is 17.9 Å². The van der Waals surface area contributed by atoms with Crippen LogP contribution in [-0.2, 0) is 16.1 Å². The second kappa shape index (κ2) is 5.94. The Morgan fingerprint density at radius 3 is 2.82 bits per heavy atom. The van der Waals surface area contributed by atoms with Crippen molar-refractivity contribution in [3.05, 3.63) is 11.9 Å². The van der Waals surface area contributed by atoms with Crippen LogP contribution in [0, 0.1) is 0 Å². The van der Waals surface area contributed by atoms with Crippen molar-refractivity contribution in [2.75, 3.05) is 0 Å². The average molecular weight is 240 g/mol. The molecule has 0 aliphatic heterocycles. The number of nitrogens with zero attached hydrogens (tertiary/aromatic N) is 3. The number of amides is 2. The Balaban J connectivity index is 2.48. The van der Waals surface area contributed by atoms with Crippen LogP contribution in [0.3, 0.4) is 0 Å². The molecule has 0 aromatic carbocycles. The van der Waals surface area contributed by atoms with Crippen molar-refractivity contribution in [2.24, 2.45) is 5.73 Å². The minimum absolute atomic E-state index is 0.0241. The quantitative estimate of drug-likeness (QED) is 0.575. The van der Waals surface area contributed by atoms with Crippen molar-refractivity contribution in [2.45, 2.75) is 32.9 Å². The fourth-order valence-electron chi connectivity index (χ4n) is 1.11. The molecule has 1 atom stereocenters. The molecule has 4 N–H and O–H groups in total. The van der Waals surface area contributed by atoms with E-state index in [9.17, 15) is 9.59 Å². The minimum atomic E-state index is -0.387. The van der Waals surface area contributed by atoms with E-state index in [1.165, 1.54) is 11.6 Å². The fraction of sp³-hybridized carbons (Fsp3) is 0.556. The maximum Gasteiger partial charge on any atom is 0.260 e. The van der Waals surface area contributed by atoms with Gasteiger partial charge in [-0.05, 0) is 6.42 Å². The molecule has 8 heteroatoms. The molecule has 0 saturated carbocycles. The minimum Gasteiger partial charge on any atom is -0.323 e. The first kappa shape index (κ1) is 13.1. The third-order valence-electron chi connectivity index (χ3n) is 2.06. The molecule has 0 radical (unpaired) electrons. The number of carbonyl (C=O) groups is 2. The second-order valence-electron chi connectivity index (χ2n) is 3.59. The van der Waals surface area contributed by atoms with Gasteiger partial charge < -0.3 is 5.73 Å². The molecule has 94 valence electrons. The van der Waals surface area contributed by atoms with E-state index >= 15 is 0 Å². The number of aromatic nitrogens is 3. The Hall–Kier alpha value is -1.96. The largest absolute Gasteiger partial charge is 0.323 e. The highest BCUT2D eigenvalue weighted by atomic mass is 16.2. The number of hydrazine groups is 1. The zero-order valence-corrected chi connectivity index (χ0v) is 9.80. The van der Waals surface area contributed by atoms with Gasteiger partial charge in [0.2, 0.25) is 5.91 Å². The fourth-order valence-corrected chi connectivity index (χ4v) is 1.11. The van der Waals surface area contributed by atoms with Crippen molar-refractivity contribution in [3.63, 3.8) is 0 Å². The van der Waals surface area contributed by atoms with Crippen LogP contribution in [0.4, 0.5) is 0 Å². The van der Waals surface area contributed by atoms with Crippen LogP contribution in [0.1, 0.15) is 32.0 Å². The summed E-state index contributed by atoms with van der Waals surface area (Å²) in [4.78, 5) is 21.9. The molecule has 17 heavy (non-hydrogen) atoms. The predicted octanol–water partition coefficient (Wildman–Crippen LogP) is -1.14. The van der Waals surface area contributed by atoms with Crippen molar-refractivity contribution >= 4 is 11.8 Å². The highest BCUT2D eigenvalue weighted by molar-refractivity contribution is 5.80. The summed E-state index contributed by atoms with van der Waals surface area (Å²) >= 11 is 0. The van der Waals surface area contributed by atoms with E-state index in [-0.39, 0.29) is 24.4 Å². The van der Waals surface area contributed by atoms with Crippen molar-refractivity contribution in [1.29, 1.82) is 0 Å². The van der Waals surface area contributed by atoms with Crippen LogP contribution in [0.5, 0.6) is 0 Å². The lowest BCUT2D eigenvalue weighted by atomic mass is 10.2. The molecule has 1 heterocycles. The Morgan fingerprint density at radius 2 is 2.24 bits per heavy atom.